The maximum absolute atomic E-state index is 4.33. The molecule has 0 saturated carbocycles. The highest BCUT2D eigenvalue weighted by molar-refractivity contribution is 9.11. The Morgan fingerprint density at radius 2 is 1.75 bits per heavy atom. The van der Waals surface area contributed by atoms with Gasteiger partial charge in [0.05, 0.1) is 0 Å². The number of benzene rings is 1. The van der Waals surface area contributed by atoms with Gasteiger partial charge in [-0.1, -0.05) is 29.8 Å². The van der Waals surface area contributed by atoms with Crippen LogP contribution in [0.5, 0.6) is 0 Å². The second-order valence-corrected chi connectivity index (χ2v) is 5.22. The summed E-state index contributed by atoms with van der Waals surface area (Å²) in [6.07, 6.45) is 0.750. The summed E-state index contributed by atoms with van der Waals surface area (Å²) in [5.41, 5.74) is 2.48. The topological polar surface area (TPSA) is 25.8 Å². The van der Waals surface area contributed by atoms with Crippen LogP contribution in [-0.4, -0.2) is 9.97 Å². The first-order valence-corrected chi connectivity index (χ1v) is 6.46. The van der Waals surface area contributed by atoms with E-state index in [1.165, 1.54) is 11.1 Å². The molecule has 1 aromatic carbocycles. The number of aromatic nitrogens is 2. The lowest BCUT2D eigenvalue weighted by Crippen LogP contribution is -1.97. The van der Waals surface area contributed by atoms with Gasteiger partial charge in [0.1, 0.15) is 15.0 Å². The summed E-state index contributed by atoms with van der Waals surface area (Å²) in [4.78, 5) is 8.67. The summed E-state index contributed by atoms with van der Waals surface area (Å²) in [7, 11) is 0. The van der Waals surface area contributed by atoms with Gasteiger partial charge < -0.3 is 0 Å². The zero-order valence-electron chi connectivity index (χ0n) is 8.74. The van der Waals surface area contributed by atoms with E-state index in [0.717, 1.165) is 21.5 Å². The Morgan fingerprint density at radius 1 is 1.06 bits per heavy atom. The first kappa shape index (κ1) is 11.7. The van der Waals surface area contributed by atoms with Gasteiger partial charge in [-0.25, -0.2) is 9.97 Å². The quantitative estimate of drug-likeness (QED) is 0.774. The standard InChI is InChI=1S/C12H10Br2N2/c1-8-3-2-4-9(5-8)6-12-15-10(13)7-11(14)16-12/h2-5,7H,6H2,1H3. The van der Waals surface area contributed by atoms with Crippen molar-refractivity contribution in [1.82, 2.24) is 9.97 Å². The summed E-state index contributed by atoms with van der Waals surface area (Å²) in [6.45, 7) is 2.08. The van der Waals surface area contributed by atoms with Crippen molar-refractivity contribution in [2.75, 3.05) is 0 Å². The lowest BCUT2D eigenvalue weighted by atomic mass is 10.1. The molecular weight excluding hydrogens is 332 g/mol. The molecule has 1 aromatic heterocycles. The molecule has 0 aliphatic heterocycles. The average Bonchev–Trinajstić information content (AvgIpc) is 2.15. The predicted octanol–water partition coefficient (Wildman–Crippen LogP) is 3.90. The van der Waals surface area contributed by atoms with Gasteiger partial charge in [0.25, 0.3) is 0 Å². The van der Waals surface area contributed by atoms with E-state index in [1.54, 1.807) is 0 Å². The fourth-order valence-electron chi connectivity index (χ4n) is 1.52. The van der Waals surface area contributed by atoms with Crippen molar-refractivity contribution in [2.45, 2.75) is 13.3 Å². The summed E-state index contributed by atoms with van der Waals surface area (Å²) in [5, 5.41) is 0. The Morgan fingerprint density at radius 3 is 2.38 bits per heavy atom. The van der Waals surface area contributed by atoms with Gasteiger partial charge >= 0.3 is 0 Å². The van der Waals surface area contributed by atoms with Crippen LogP contribution in [0.25, 0.3) is 0 Å². The highest BCUT2D eigenvalue weighted by atomic mass is 79.9. The van der Waals surface area contributed by atoms with Crippen LogP contribution in [0.15, 0.2) is 39.5 Å². The van der Waals surface area contributed by atoms with Crippen LogP contribution >= 0.6 is 31.9 Å². The van der Waals surface area contributed by atoms with Gasteiger partial charge in [-0.05, 0) is 44.3 Å². The van der Waals surface area contributed by atoms with Crippen molar-refractivity contribution in [3.63, 3.8) is 0 Å². The predicted molar refractivity (Wildman–Crippen MR) is 71.4 cm³/mol. The lowest BCUT2D eigenvalue weighted by molar-refractivity contribution is 0.940. The highest BCUT2D eigenvalue weighted by Gasteiger charge is 2.02. The Labute approximate surface area is 111 Å². The molecule has 0 saturated heterocycles. The minimum atomic E-state index is 0.750. The normalized spacial score (nSPS) is 10.4. The lowest BCUT2D eigenvalue weighted by Gasteiger charge is -2.03. The molecule has 0 aliphatic carbocycles. The molecule has 1 heterocycles. The van der Waals surface area contributed by atoms with Gasteiger partial charge in [-0.3, -0.25) is 0 Å². The fourth-order valence-corrected chi connectivity index (χ4v) is 2.67. The van der Waals surface area contributed by atoms with E-state index >= 15 is 0 Å². The van der Waals surface area contributed by atoms with Crippen LogP contribution in [0.1, 0.15) is 17.0 Å². The molecule has 82 valence electrons. The molecule has 16 heavy (non-hydrogen) atoms. The van der Waals surface area contributed by atoms with Gasteiger partial charge in [0, 0.05) is 12.5 Å². The number of hydrogen-bond donors (Lipinski definition) is 0. The Hall–Kier alpha value is -0.740. The number of rotatable bonds is 2. The third kappa shape index (κ3) is 3.12. The molecule has 0 bridgehead atoms. The van der Waals surface area contributed by atoms with E-state index in [2.05, 4.69) is 73.0 Å². The molecule has 2 aromatic rings. The maximum atomic E-state index is 4.33. The largest absolute Gasteiger partial charge is 0.226 e. The smallest absolute Gasteiger partial charge is 0.135 e. The van der Waals surface area contributed by atoms with Crippen molar-refractivity contribution < 1.29 is 0 Å². The van der Waals surface area contributed by atoms with Crippen LogP contribution in [0.4, 0.5) is 0 Å². The first-order valence-electron chi connectivity index (χ1n) is 4.88. The molecule has 2 nitrogen and oxygen atoms in total. The Balaban J connectivity index is 2.27. The molecule has 4 heteroatoms. The van der Waals surface area contributed by atoms with Gasteiger partial charge in [0.2, 0.25) is 0 Å². The van der Waals surface area contributed by atoms with Crippen LogP contribution in [0.2, 0.25) is 0 Å². The molecule has 0 N–H and O–H groups in total. The van der Waals surface area contributed by atoms with E-state index in [0.29, 0.717) is 0 Å². The van der Waals surface area contributed by atoms with Crippen LogP contribution < -0.4 is 0 Å². The molecular formula is C12H10Br2N2. The highest BCUT2D eigenvalue weighted by Crippen LogP contribution is 2.15. The molecule has 0 radical (unpaired) electrons. The molecule has 0 amide bonds. The third-order valence-corrected chi connectivity index (χ3v) is 2.97. The maximum Gasteiger partial charge on any atom is 0.135 e. The van der Waals surface area contributed by atoms with Crippen molar-refractivity contribution in [3.8, 4) is 0 Å². The van der Waals surface area contributed by atoms with E-state index in [9.17, 15) is 0 Å². The van der Waals surface area contributed by atoms with Gasteiger partial charge in [-0.15, -0.1) is 0 Å². The molecule has 0 unspecified atom stereocenters. The van der Waals surface area contributed by atoms with Crippen LogP contribution in [0, 0.1) is 6.92 Å². The molecule has 0 spiro atoms. The summed E-state index contributed by atoms with van der Waals surface area (Å²) >= 11 is 6.72. The number of aryl methyl sites for hydroxylation is 1. The van der Waals surface area contributed by atoms with Crippen molar-refractivity contribution >= 4 is 31.9 Å². The summed E-state index contributed by atoms with van der Waals surface area (Å²) in [5.74, 6) is 0.812. The third-order valence-electron chi connectivity index (χ3n) is 2.15. The van der Waals surface area contributed by atoms with Crippen molar-refractivity contribution in [2.24, 2.45) is 0 Å². The van der Waals surface area contributed by atoms with Crippen molar-refractivity contribution in [1.29, 1.82) is 0 Å². The molecule has 0 aliphatic rings. The average molecular weight is 342 g/mol. The Kier molecular flexibility index (Phi) is 3.71. The van der Waals surface area contributed by atoms with E-state index < -0.39 is 0 Å². The molecule has 0 fully saturated rings. The second kappa shape index (κ2) is 5.06. The van der Waals surface area contributed by atoms with Crippen molar-refractivity contribution in [3.05, 3.63) is 56.5 Å². The fraction of sp³-hybridized carbons (Fsp3) is 0.167. The summed E-state index contributed by atoms with van der Waals surface area (Å²) in [6, 6.07) is 10.2. The van der Waals surface area contributed by atoms with Crippen LogP contribution in [-0.2, 0) is 6.42 Å². The van der Waals surface area contributed by atoms with Gasteiger partial charge in [0.15, 0.2) is 0 Å². The molecule has 2 rings (SSSR count). The monoisotopic (exact) mass is 340 g/mol. The van der Waals surface area contributed by atoms with Gasteiger partial charge in [-0.2, -0.15) is 0 Å². The Bertz CT molecular complexity index is 492. The number of hydrogen-bond acceptors (Lipinski definition) is 2. The second-order valence-electron chi connectivity index (χ2n) is 3.60. The minimum absolute atomic E-state index is 0.750. The van der Waals surface area contributed by atoms with E-state index in [1.807, 2.05) is 6.07 Å². The number of nitrogens with zero attached hydrogens (tertiary/aromatic N) is 2. The van der Waals surface area contributed by atoms with E-state index in [4.69, 9.17) is 0 Å². The summed E-state index contributed by atoms with van der Waals surface area (Å²) < 4.78 is 1.61. The first-order chi connectivity index (χ1) is 7.63. The van der Waals surface area contributed by atoms with E-state index in [-0.39, 0.29) is 0 Å². The zero-order valence-corrected chi connectivity index (χ0v) is 11.9. The minimum Gasteiger partial charge on any atom is -0.226 e. The number of halogens is 2. The zero-order chi connectivity index (χ0) is 11.5. The molecule has 0 atom stereocenters. The van der Waals surface area contributed by atoms with Crippen LogP contribution in [0.3, 0.4) is 0 Å². The SMILES string of the molecule is Cc1cccc(Cc2nc(Br)cc(Br)n2)c1.